The molecule has 20 N–H and O–H groups in total. The van der Waals surface area contributed by atoms with E-state index >= 15 is 0 Å². The van der Waals surface area contributed by atoms with Crippen molar-refractivity contribution < 1.29 is 154 Å². The molecule has 0 aromatic rings. The fraction of sp³-hybridized carbons (Fsp3) is 1.00. The maximum absolute atomic E-state index is 11.8. The second-order valence-electron chi connectivity index (χ2n) is 17.1. The summed E-state index contributed by atoms with van der Waals surface area (Å²) in [6, 6.07) is 0. The van der Waals surface area contributed by atoms with E-state index in [9.17, 15) is 102 Å². The third kappa shape index (κ3) is 9.75. The first-order valence-corrected chi connectivity index (χ1v) is 21.0. The topological polar surface area (TPSA) is 506 Å². The largest absolute Gasteiger partial charge is 0.394 e. The Morgan fingerprint density at radius 1 is 0.313 bits per heavy atom. The molecular weight excluding hydrogens is 928 g/mol. The Morgan fingerprint density at radius 3 is 1.01 bits per heavy atom. The molecule has 6 saturated heterocycles. The fourth-order valence-electron chi connectivity index (χ4n) is 8.67. The van der Waals surface area contributed by atoms with E-state index in [1.807, 2.05) is 0 Å². The molecule has 392 valence electrons. The van der Waals surface area contributed by atoms with Crippen molar-refractivity contribution in [2.75, 3.05) is 72.7 Å². The van der Waals surface area contributed by atoms with E-state index in [1.54, 1.807) is 0 Å². The van der Waals surface area contributed by atoms with Crippen molar-refractivity contribution in [3.05, 3.63) is 0 Å². The van der Waals surface area contributed by atoms with Crippen molar-refractivity contribution >= 4 is 0 Å². The van der Waals surface area contributed by atoms with Gasteiger partial charge in [0.15, 0.2) is 6.29 Å². The maximum atomic E-state index is 11.8. The zero-order chi connectivity index (χ0) is 49.6. The Bertz CT molecular complexity index is 1590. The summed E-state index contributed by atoms with van der Waals surface area (Å²) in [7, 11) is 0. The Labute approximate surface area is 378 Å². The van der Waals surface area contributed by atoms with Gasteiger partial charge in [-0.25, -0.2) is 0 Å². The predicted octanol–water partition coefficient (Wildman–Crippen LogP) is -14.1. The van der Waals surface area contributed by atoms with Crippen LogP contribution in [0.25, 0.3) is 0 Å². The Balaban J connectivity index is 1.32. The van der Waals surface area contributed by atoms with Gasteiger partial charge in [0.05, 0.1) is 39.6 Å². The summed E-state index contributed by atoms with van der Waals surface area (Å²) in [6.07, 6.45) is -39.7. The van der Waals surface area contributed by atoms with Crippen LogP contribution >= 0.6 is 0 Å². The number of aliphatic hydroxyl groups is 20. The normalized spacial score (nSPS) is 52.5. The van der Waals surface area contributed by atoms with E-state index in [2.05, 4.69) is 0 Å². The van der Waals surface area contributed by atoms with Crippen LogP contribution in [0.15, 0.2) is 0 Å². The summed E-state index contributed by atoms with van der Waals surface area (Å²) >= 11 is 0. The molecule has 0 aromatic carbocycles. The molecule has 6 rings (SSSR count). The van der Waals surface area contributed by atoms with Crippen LogP contribution < -0.4 is 0 Å². The average Bonchev–Trinajstić information content (AvgIpc) is 4.00. The van der Waals surface area contributed by atoms with E-state index in [0.29, 0.717) is 0 Å². The van der Waals surface area contributed by atoms with E-state index in [4.69, 9.17) is 52.1 Å². The highest BCUT2D eigenvalue weighted by molar-refractivity contribution is 5.05. The lowest BCUT2D eigenvalue weighted by atomic mass is 9.99. The van der Waals surface area contributed by atoms with Gasteiger partial charge in [0, 0.05) is 0 Å². The minimum atomic E-state index is -3.01. The predicted molar refractivity (Wildman–Crippen MR) is 199 cm³/mol. The number of rotatable bonds is 21. The summed E-state index contributed by atoms with van der Waals surface area (Å²) in [5, 5.41) is 211. The van der Waals surface area contributed by atoms with Gasteiger partial charge in [-0.15, -0.1) is 0 Å². The van der Waals surface area contributed by atoms with Gasteiger partial charge in [0.2, 0.25) is 28.9 Å². The highest BCUT2D eigenvalue weighted by Crippen LogP contribution is 2.44. The summed E-state index contributed by atoms with van der Waals surface area (Å²) in [5.41, 5.74) is 0. The molecule has 67 heavy (non-hydrogen) atoms. The van der Waals surface area contributed by atoms with Crippen LogP contribution in [-0.2, 0) is 52.1 Å². The van der Waals surface area contributed by atoms with Gasteiger partial charge in [-0.2, -0.15) is 0 Å². The molecular formula is C36H62O31. The monoisotopic (exact) mass is 990 g/mol. The van der Waals surface area contributed by atoms with E-state index in [1.165, 1.54) is 0 Å². The summed E-state index contributed by atoms with van der Waals surface area (Å²) < 4.78 is 62.3. The first kappa shape index (κ1) is 55.1. The molecule has 6 fully saturated rings. The molecule has 6 aliphatic rings. The Morgan fingerprint density at radius 2 is 0.627 bits per heavy atom. The van der Waals surface area contributed by atoms with Crippen molar-refractivity contribution in [3.63, 3.8) is 0 Å². The smallest absolute Gasteiger partial charge is 0.224 e. The minimum Gasteiger partial charge on any atom is -0.394 e. The van der Waals surface area contributed by atoms with Crippen molar-refractivity contribution in [1.82, 2.24) is 0 Å². The lowest BCUT2D eigenvalue weighted by molar-refractivity contribution is -0.406. The highest BCUT2D eigenvalue weighted by Gasteiger charge is 2.66. The van der Waals surface area contributed by atoms with Crippen LogP contribution in [0.3, 0.4) is 0 Å². The number of ether oxygens (including phenoxy) is 11. The zero-order valence-electron chi connectivity index (χ0n) is 35.3. The lowest BCUT2D eigenvalue weighted by Crippen LogP contribution is -2.63. The molecule has 25 atom stereocenters. The maximum Gasteiger partial charge on any atom is 0.224 e. The third-order valence-corrected chi connectivity index (χ3v) is 12.9. The van der Waals surface area contributed by atoms with Gasteiger partial charge in [0.1, 0.15) is 149 Å². The summed E-state index contributed by atoms with van der Waals surface area (Å²) in [6.45, 7) is -12.1. The molecule has 0 saturated carbocycles. The second-order valence-corrected chi connectivity index (χ2v) is 17.1. The van der Waals surface area contributed by atoms with Crippen LogP contribution in [0.1, 0.15) is 0 Å². The van der Waals surface area contributed by atoms with Crippen LogP contribution in [0.5, 0.6) is 0 Å². The van der Waals surface area contributed by atoms with Gasteiger partial charge >= 0.3 is 0 Å². The second kappa shape index (κ2) is 21.5. The SMILES string of the molecule is OC[C@H]1O[C@@](CO)(OC[C@@]2(OC[C@H]3O[C@@](CO[C@]4(CO[C@]5(CO)O[C@H](CO)[C@@H](O)[C@@H]5O)O[C@H](CO)[C@@H](O)[C@@H]4O)(O[C@H]4O[C@H](CO)[C@@H](O)[C@H](O)[C@H]4O)[C@@H](O)[C@@H]3O)O[C@H](CO)[C@@H](O)[C@@H]2O)[C@@H](O)[C@@H]1O. The molecule has 6 heterocycles. The van der Waals surface area contributed by atoms with Gasteiger partial charge in [-0.1, -0.05) is 0 Å². The van der Waals surface area contributed by atoms with Gasteiger partial charge in [-0.3, -0.25) is 0 Å². The van der Waals surface area contributed by atoms with E-state index < -0.39 is 224 Å². The zero-order valence-corrected chi connectivity index (χ0v) is 35.3. The van der Waals surface area contributed by atoms with Crippen molar-refractivity contribution in [2.45, 2.75) is 151 Å². The minimum absolute atomic E-state index is 0.872. The van der Waals surface area contributed by atoms with Gasteiger partial charge in [-0.05, 0) is 0 Å². The molecule has 31 heteroatoms. The summed E-state index contributed by atoms with van der Waals surface area (Å²) in [5.74, 6) is -13.7. The molecule has 31 nitrogen and oxygen atoms in total. The number of hydrogen-bond donors (Lipinski definition) is 20. The fourth-order valence-corrected chi connectivity index (χ4v) is 8.67. The third-order valence-electron chi connectivity index (χ3n) is 12.9. The molecule has 0 radical (unpaired) electrons. The first-order valence-electron chi connectivity index (χ1n) is 21.0. The molecule has 0 bridgehead atoms. The molecule has 0 aliphatic carbocycles. The van der Waals surface area contributed by atoms with E-state index in [0.717, 1.165) is 0 Å². The molecule has 0 spiro atoms. The number of hydrogen-bond acceptors (Lipinski definition) is 31. The average molecular weight is 991 g/mol. The van der Waals surface area contributed by atoms with Gasteiger partial charge < -0.3 is 154 Å². The quantitative estimate of drug-likeness (QED) is 0.0508. The highest BCUT2D eigenvalue weighted by atomic mass is 16.8. The van der Waals surface area contributed by atoms with Crippen LogP contribution in [0, 0.1) is 0 Å². The van der Waals surface area contributed by atoms with Crippen LogP contribution in [-0.4, -0.2) is 326 Å². The van der Waals surface area contributed by atoms with Crippen molar-refractivity contribution in [1.29, 1.82) is 0 Å². The van der Waals surface area contributed by atoms with Crippen LogP contribution in [0.4, 0.5) is 0 Å². The molecule has 0 amide bonds. The Kier molecular flexibility index (Phi) is 17.6. The first-order chi connectivity index (χ1) is 31.6. The summed E-state index contributed by atoms with van der Waals surface area (Å²) in [4.78, 5) is 0. The van der Waals surface area contributed by atoms with Crippen molar-refractivity contribution in [3.8, 4) is 0 Å². The van der Waals surface area contributed by atoms with E-state index in [-0.39, 0.29) is 0 Å². The standard InChI is InChI=1S/C36H62O31/c37-1-12-18(44)24(50)25(51)31(61-12)67-36(11-60-35(29(55)22(48)16(5-41)65-35)10-59-33(8-43)27(53)20(46)14(3-39)63-33)30(56)23(49)17(66-36)6-57-34(28(54)21(47)15(4-40)64-34)9-58-32(7-42)26(52)19(45)13(2-38)62-32/h12-31,37-56H,1-11H2/t12-,13-,14-,15-,16-,17-,18-,19-,20-,21-,22-,23-,24+,25-,26+,27+,28+,29+,30+,31-,32-,33-,34-,35-,36+/m1/s1. The van der Waals surface area contributed by atoms with Crippen molar-refractivity contribution in [2.24, 2.45) is 0 Å². The Hall–Kier alpha value is -1.24. The molecule has 0 unspecified atom stereocenters. The number of aliphatic hydroxyl groups excluding tert-OH is 20. The molecule has 0 aromatic heterocycles. The van der Waals surface area contributed by atoms with Gasteiger partial charge in [0.25, 0.3) is 0 Å². The molecule has 6 aliphatic heterocycles. The van der Waals surface area contributed by atoms with Crippen LogP contribution in [0.2, 0.25) is 0 Å². The lowest BCUT2D eigenvalue weighted by Gasteiger charge is -2.44.